The van der Waals surface area contributed by atoms with Crippen molar-refractivity contribution in [1.29, 1.82) is 0 Å². The second-order valence-electron chi connectivity index (χ2n) is 5.61. The van der Waals surface area contributed by atoms with Crippen LogP contribution in [-0.4, -0.2) is 55.1 Å². The molecule has 21 heavy (non-hydrogen) atoms. The fourth-order valence-corrected chi connectivity index (χ4v) is 3.38. The standard InChI is InChI=1S/C14H25N5OS/c1-4-18(3)14-17-12(15)11(21-14)13(20)16-10(2)9-19-7-5-6-8-19/h10H,4-9,15H2,1-3H3,(H,16,20). The molecular formula is C14H25N5OS. The van der Waals surface area contributed by atoms with Crippen molar-refractivity contribution in [3.8, 4) is 0 Å². The first-order valence-corrected chi connectivity index (χ1v) is 8.33. The van der Waals surface area contributed by atoms with Gasteiger partial charge in [-0.1, -0.05) is 11.3 Å². The minimum atomic E-state index is -0.118. The zero-order chi connectivity index (χ0) is 15.4. The van der Waals surface area contributed by atoms with Crippen molar-refractivity contribution < 1.29 is 4.79 Å². The van der Waals surface area contributed by atoms with Crippen LogP contribution in [0.25, 0.3) is 0 Å². The first-order chi connectivity index (χ1) is 10.0. The van der Waals surface area contributed by atoms with Crippen LogP contribution in [0.5, 0.6) is 0 Å². The van der Waals surface area contributed by atoms with Gasteiger partial charge in [-0.25, -0.2) is 4.98 Å². The average Bonchev–Trinajstić information content (AvgIpc) is 3.07. The Labute approximate surface area is 130 Å². The number of aromatic nitrogens is 1. The molecule has 1 atom stereocenters. The number of thiazole rings is 1. The minimum Gasteiger partial charge on any atom is -0.382 e. The van der Waals surface area contributed by atoms with Crippen LogP contribution in [0.15, 0.2) is 0 Å². The molecule has 1 aliphatic heterocycles. The van der Waals surface area contributed by atoms with Gasteiger partial charge < -0.3 is 20.9 Å². The van der Waals surface area contributed by atoms with Crippen molar-refractivity contribution in [2.24, 2.45) is 0 Å². The molecule has 0 spiro atoms. The molecule has 2 rings (SSSR count). The Morgan fingerprint density at radius 2 is 2.19 bits per heavy atom. The summed E-state index contributed by atoms with van der Waals surface area (Å²) in [5.74, 6) is 0.202. The predicted molar refractivity (Wildman–Crippen MR) is 88.1 cm³/mol. The number of nitrogens with two attached hydrogens (primary N) is 1. The van der Waals surface area contributed by atoms with E-state index in [1.54, 1.807) is 0 Å². The number of nitrogens with zero attached hydrogens (tertiary/aromatic N) is 3. The second kappa shape index (κ2) is 7.09. The zero-order valence-electron chi connectivity index (χ0n) is 13.1. The zero-order valence-corrected chi connectivity index (χ0v) is 13.9. The maximum absolute atomic E-state index is 12.3. The van der Waals surface area contributed by atoms with Crippen LogP contribution in [0.4, 0.5) is 10.9 Å². The van der Waals surface area contributed by atoms with Crippen LogP contribution >= 0.6 is 11.3 Å². The number of rotatable bonds is 6. The summed E-state index contributed by atoms with van der Waals surface area (Å²) < 4.78 is 0. The van der Waals surface area contributed by atoms with Gasteiger partial charge in [-0.2, -0.15) is 0 Å². The van der Waals surface area contributed by atoms with Gasteiger partial charge in [0.1, 0.15) is 10.7 Å². The maximum atomic E-state index is 12.3. The molecule has 118 valence electrons. The van der Waals surface area contributed by atoms with Gasteiger partial charge in [0.05, 0.1) is 0 Å². The van der Waals surface area contributed by atoms with Gasteiger partial charge in [-0.15, -0.1) is 0 Å². The molecular weight excluding hydrogens is 286 g/mol. The summed E-state index contributed by atoms with van der Waals surface area (Å²) in [5.41, 5.74) is 5.88. The first kappa shape index (κ1) is 16.0. The number of amides is 1. The number of nitrogens with one attached hydrogen (secondary N) is 1. The molecule has 7 heteroatoms. The van der Waals surface area contributed by atoms with Crippen molar-refractivity contribution in [1.82, 2.24) is 15.2 Å². The van der Waals surface area contributed by atoms with Crippen LogP contribution in [0.1, 0.15) is 36.4 Å². The maximum Gasteiger partial charge on any atom is 0.265 e. The van der Waals surface area contributed by atoms with Crippen molar-refractivity contribution >= 4 is 28.2 Å². The molecule has 1 aromatic heterocycles. The Kier molecular flexibility index (Phi) is 5.41. The average molecular weight is 311 g/mol. The molecule has 0 aromatic carbocycles. The van der Waals surface area contributed by atoms with Crippen LogP contribution in [0, 0.1) is 0 Å². The van der Waals surface area contributed by atoms with Crippen LogP contribution in [0.3, 0.4) is 0 Å². The Hall–Kier alpha value is -1.34. The largest absolute Gasteiger partial charge is 0.382 e. The Balaban J connectivity index is 1.94. The molecule has 1 aliphatic rings. The van der Waals surface area contributed by atoms with E-state index in [1.807, 2.05) is 25.8 Å². The molecule has 0 radical (unpaired) electrons. The van der Waals surface area contributed by atoms with E-state index in [2.05, 4.69) is 15.2 Å². The van der Waals surface area contributed by atoms with E-state index in [9.17, 15) is 4.79 Å². The van der Waals surface area contributed by atoms with Crippen LogP contribution in [-0.2, 0) is 0 Å². The van der Waals surface area contributed by atoms with Gasteiger partial charge in [0.2, 0.25) is 0 Å². The monoisotopic (exact) mass is 311 g/mol. The third kappa shape index (κ3) is 4.07. The molecule has 2 heterocycles. The lowest BCUT2D eigenvalue weighted by Gasteiger charge is -2.20. The lowest BCUT2D eigenvalue weighted by Crippen LogP contribution is -2.41. The molecule has 6 nitrogen and oxygen atoms in total. The number of anilines is 2. The van der Waals surface area contributed by atoms with E-state index in [-0.39, 0.29) is 11.9 Å². The normalized spacial score (nSPS) is 16.9. The minimum absolute atomic E-state index is 0.115. The summed E-state index contributed by atoms with van der Waals surface area (Å²) in [4.78, 5) is 21.5. The van der Waals surface area contributed by atoms with Gasteiger partial charge in [0.15, 0.2) is 5.13 Å². The lowest BCUT2D eigenvalue weighted by atomic mass is 10.3. The summed E-state index contributed by atoms with van der Waals surface area (Å²) in [6.45, 7) is 8.07. The van der Waals surface area contributed by atoms with E-state index < -0.39 is 0 Å². The molecule has 3 N–H and O–H groups in total. The smallest absolute Gasteiger partial charge is 0.265 e. The number of hydrogen-bond acceptors (Lipinski definition) is 6. The van der Waals surface area contributed by atoms with E-state index in [4.69, 9.17) is 5.73 Å². The third-order valence-corrected chi connectivity index (χ3v) is 4.94. The molecule has 1 aromatic rings. The number of hydrogen-bond donors (Lipinski definition) is 2. The fourth-order valence-electron chi connectivity index (χ4n) is 2.47. The summed E-state index contributed by atoms with van der Waals surface area (Å²) in [5, 5.41) is 3.81. The summed E-state index contributed by atoms with van der Waals surface area (Å²) in [7, 11) is 1.94. The molecule has 1 saturated heterocycles. The van der Waals surface area contributed by atoms with Crippen LogP contribution in [0.2, 0.25) is 0 Å². The highest BCUT2D eigenvalue weighted by Crippen LogP contribution is 2.27. The first-order valence-electron chi connectivity index (χ1n) is 7.52. The predicted octanol–water partition coefficient (Wildman–Crippen LogP) is 1.40. The van der Waals surface area contributed by atoms with Crippen molar-refractivity contribution in [3.63, 3.8) is 0 Å². The van der Waals surface area contributed by atoms with E-state index in [1.165, 1.54) is 24.2 Å². The Morgan fingerprint density at radius 3 is 2.81 bits per heavy atom. The van der Waals surface area contributed by atoms with Gasteiger partial charge in [-0.3, -0.25) is 4.79 Å². The highest BCUT2D eigenvalue weighted by molar-refractivity contribution is 7.18. The highest BCUT2D eigenvalue weighted by Gasteiger charge is 2.21. The third-order valence-electron chi connectivity index (χ3n) is 3.76. The van der Waals surface area contributed by atoms with Gasteiger partial charge in [-0.05, 0) is 39.8 Å². The topological polar surface area (TPSA) is 74.5 Å². The number of nitrogen functional groups attached to an aromatic ring is 1. The lowest BCUT2D eigenvalue weighted by molar-refractivity contribution is 0.0936. The second-order valence-corrected chi connectivity index (χ2v) is 6.58. The van der Waals surface area contributed by atoms with Crippen molar-refractivity contribution in [2.45, 2.75) is 32.7 Å². The Bertz CT molecular complexity index is 484. The molecule has 1 unspecified atom stereocenters. The van der Waals surface area contributed by atoms with E-state index >= 15 is 0 Å². The van der Waals surface area contributed by atoms with Gasteiger partial charge >= 0.3 is 0 Å². The SMILES string of the molecule is CCN(C)c1nc(N)c(C(=O)NC(C)CN2CCCC2)s1. The van der Waals surface area contributed by atoms with E-state index in [0.29, 0.717) is 10.7 Å². The molecule has 0 bridgehead atoms. The van der Waals surface area contributed by atoms with Crippen molar-refractivity contribution in [2.75, 3.05) is 43.9 Å². The molecule has 1 amide bonds. The quantitative estimate of drug-likeness (QED) is 0.830. The summed E-state index contributed by atoms with van der Waals surface area (Å²) >= 11 is 1.35. The van der Waals surface area contributed by atoms with Crippen molar-refractivity contribution in [3.05, 3.63) is 4.88 Å². The fraction of sp³-hybridized carbons (Fsp3) is 0.714. The Morgan fingerprint density at radius 1 is 1.52 bits per heavy atom. The highest BCUT2D eigenvalue weighted by atomic mass is 32.1. The molecule has 0 saturated carbocycles. The number of carbonyl (C=O) groups is 1. The summed E-state index contributed by atoms with van der Waals surface area (Å²) in [6.07, 6.45) is 2.52. The van der Waals surface area contributed by atoms with Gasteiger partial charge in [0.25, 0.3) is 5.91 Å². The number of carbonyl (C=O) groups excluding carboxylic acids is 1. The van der Waals surface area contributed by atoms with Gasteiger partial charge in [0, 0.05) is 26.2 Å². The molecule has 0 aliphatic carbocycles. The molecule has 1 fully saturated rings. The number of likely N-dealkylation sites (tertiary alicyclic amines) is 1. The van der Waals surface area contributed by atoms with E-state index in [0.717, 1.165) is 31.3 Å². The summed E-state index contributed by atoms with van der Waals surface area (Å²) in [6, 6.07) is 0.115. The van der Waals surface area contributed by atoms with Crippen LogP contribution < -0.4 is 16.0 Å².